The summed E-state index contributed by atoms with van der Waals surface area (Å²) < 4.78 is 0. The number of carboxylic acid groups (broad SMARTS) is 2. The van der Waals surface area contributed by atoms with Crippen molar-refractivity contribution in [2.45, 2.75) is 18.9 Å². The number of aromatic carboxylic acids is 1. The number of aliphatic carboxylic acids is 1. The number of aliphatic imine (C=N–C) groups is 1. The van der Waals surface area contributed by atoms with Crippen molar-refractivity contribution < 1.29 is 19.8 Å². The van der Waals surface area contributed by atoms with Crippen LogP contribution >= 0.6 is 0 Å². The Labute approximate surface area is 109 Å². The Kier molecular flexibility index (Phi) is 3.16. The highest BCUT2D eigenvalue weighted by atomic mass is 16.4. The third kappa shape index (κ3) is 2.52. The Morgan fingerprint density at radius 1 is 1.26 bits per heavy atom. The van der Waals surface area contributed by atoms with Gasteiger partial charge < -0.3 is 10.2 Å². The summed E-state index contributed by atoms with van der Waals surface area (Å²) in [4.78, 5) is 29.8. The van der Waals surface area contributed by atoms with Gasteiger partial charge in [0.25, 0.3) is 0 Å². The number of carbonyl (C=O) groups is 2. The molecule has 2 N–H and O–H groups in total. The van der Waals surface area contributed by atoms with Crippen LogP contribution < -0.4 is 0 Å². The fourth-order valence-electron chi connectivity index (χ4n) is 1.78. The largest absolute Gasteiger partial charge is 0.478 e. The van der Waals surface area contributed by atoms with E-state index in [2.05, 4.69) is 9.98 Å². The van der Waals surface area contributed by atoms with Crippen molar-refractivity contribution in [1.29, 1.82) is 0 Å². The highest BCUT2D eigenvalue weighted by Gasteiger charge is 2.29. The summed E-state index contributed by atoms with van der Waals surface area (Å²) in [6.07, 6.45) is 4.57. The molecular weight excluding hydrogens is 248 g/mol. The average molecular weight is 260 g/mol. The molecule has 0 aliphatic carbocycles. The van der Waals surface area contributed by atoms with Crippen molar-refractivity contribution in [2.75, 3.05) is 0 Å². The fourth-order valence-corrected chi connectivity index (χ4v) is 1.78. The maximum absolute atomic E-state index is 10.8. The van der Waals surface area contributed by atoms with Gasteiger partial charge in [0, 0.05) is 12.4 Å². The van der Waals surface area contributed by atoms with Crippen LogP contribution in [0.2, 0.25) is 0 Å². The van der Waals surface area contributed by atoms with Crippen LogP contribution in [0, 0.1) is 0 Å². The third-order valence-electron chi connectivity index (χ3n) is 3.02. The van der Waals surface area contributed by atoms with Crippen LogP contribution in [0.15, 0.2) is 35.0 Å². The molecule has 0 spiro atoms. The SMILES string of the molecule is CC1(c2ccc(C(=O)O)cn2)CC=C(C(=O)O)C=N1. The monoisotopic (exact) mass is 260 g/mol. The van der Waals surface area contributed by atoms with E-state index < -0.39 is 17.5 Å². The van der Waals surface area contributed by atoms with Crippen LogP contribution in [0.4, 0.5) is 0 Å². The lowest BCUT2D eigenvalue weighted by Crippen LogP contribution is -2.24. The van der Waals surface area contributed by atoms with Gasteiger partial charge >= 0.3 is 11.9 Å². The van der Waals surface area contributed by atoms with Crippen molar-refractivity contribution in [2.24, 2.45) is 4.99 Å². The van der Waals surface area contributed by atoms with E-state index >= 15 is 0 Å². The predicted octanol–water partition coefficient (Wildman–Crippen LogP) is 1.48. The van der Waals surface area contributed by atoms with Gasteiger partial charge in [0.2, 0.25) is 0 Å². The maximum atomic E-state index is 10.8. The van der Waals surface area contributed by atoms with Crippen LogP contribution in [0.1, 0.15) is 29.4 Å². The molecule has 1 aliphatic heterocycles. The molecule has 1 aromatic heterocycles. The second-order valence-electron chi connectivity index (χ2n) is 4.44. The van der Waals surface area contributed by atoms with Crippen LogP contribution in [0.5, 0.6) is 0 Å². The molecule has 0 fully saturated rings. The third-order valence-corrected chi connectivity index (χ3v) is 3.02. The van der Waals surface area contributed by atoms with Gasteiger partial charge in [0.1, 0.15) is 5.54 Å². The first-order chi connectivity index (χ1) is 8.92. The van der Waals surface area contributed by atoms with Gasteiger partial charge in [-0.25, -0.2) is 9.59 Å². The molecule has 0 bridgehead atoms. The number of hydrogen-bond acceptors (Lipinski definition) is 4. The van der Waals surface area contributed by atoms with Crippen molar-refractivity contribution in [1.82, 2.24) is 4.98 Å². The highest BCUT2D eigenvalue weighted by Crippen LogP contribution is 2.31. The molecule has 0 radical (unpaired) electrons. The summed E-state index contributed by atoms with van der Waals surface area (Å²) >= 11 is 0. The lowest BCUT2D eigenvalue weighted by molar-refractivity contribution is -0.132. The van der Waals surface area contributed by atoms with E-state index in [1.165, 1.54) is 18.5 Å². The number of nitrogens with zero attached hydrogens (tertiary/aromatic N) is 2. The summed E-state index contributed by atoms with van der Waals surface area (Å²) in [5, 5.41) is 17.6. The standard InChI is InChI=1S/C13H12N2O4/c1-13(5-4-9(7-15-13)12(18)19)10-3-2-8(6-14-10)11(16)17/h2-4,6-7H,5H2,1H3,(H,16,17)(H,18,19). The molecule has 0 aromatic carbocycles. The molecule has 1 aromatic rings. The average Bonchev–Trinajstić information content (AvgIpc) is 2.39. The first kappa shape index (κ1) is 12.9. The number of carboxylic acids is 2. The molecular formula is C13H12N2O4. The van der Waals surface area contributed by atoms with Crippen molar-refractivity contribution in [3.63, 3.8) is 0 Å². The first-order valence-corrected chi connectivity index (χ1v) is 5.61. The summed E-state index contributed by atoms with van der Waals surface area (Å²) in [5.41, 5.74) is 0.207. The van der Waals surface area contributed by atoms with Crippen LogP contribution in [-0.2, 0) is 10.3 Å². The lowest BCUT2D eigenvalue weighted by atomic mass is 9.90. The van der Waals surface area contributed by atoms with Gasteiger partial charge in [-0.2, -0.15) is 0 Å². The Morgan fingerprint density at radius 3 is 2.42 bits per heavy atom. The Hall–Kier alpha value is -2.50. The van der Waals surface area contributed by atoms with Gasteiger partial charge in [0.05, 0.1) is 16.8 Å². The number of aromatic nitrogens is 1. The molecule has 0 saturated heterocycles. The fraction of sp³-hybridized carbons (Fsp3) is 0.231. The van der Waals surface area contributed by atoms with E-state index in [-0.39, 0.29) is 11.1 Å². The Balaban J connectivity index is 2.26. The number of pyridine rings is 1. The van der Waals surface area contributed by atoms with Crippen molar-refractivity contribution in [3.05, 3.63) is 41.2 Å². The van der Waals surface area contributed by atoms with Gasteiger partial charge in [-0.05, 0) is 25.5 Å². The summed E-state index contributed by atoms with van der Waals surface area (Å²) in [7, 11) is 0. The van der Waals surface area contributed by atoms with E-state index in [4.69, 9.17) is 10.2 Å². The molecule has 0 amide bonds. The minimum Gasteiger partial charge on any atom is -0.478 e. The quantitative estimate of drug-likeness (QED) is 0.857. The second kappa shape index (κ2) is 4.64. The van der Waals surface area contributed by atoms with Crippen LogP contribution in [0.3, 0.4) is 0 Å². The molecule has 6 nitrogen and oxygen atoms in total. The zero-order chi connectivity index (χ0) is 14.0. The lowest BCUT2D eigenvalue weighted by Gasteiger charge is -2.25. The molecule has 98 valence electrons. The van der Waals surface area contributed by atoms with Crippen LogP contribution in [0.25, 0.3) is 0 Å². The molecule has 2 heterocycles. The van der Waals surface area contributed by atoms with Gasteiger partial charge in [0.15, 0.2) is 0 Å². The second-order valence-corrected chi connectivity index (χ2v) is 4.44. The highest BCUT2D eigenvalue weighted by molar-refractivity contribution is 6.09. The zero-order valence-electron chi connectivity index (χ0n) is 10.2. The minimum atomic E-state index is -1.04. The topological polar surface area (TPSA) is 99.8 Å². The van der Waals surface area contributed by atoms with Crippen LogP contribution in [-0.4, -0.2) is 33.4 Å². The number of hydrogen-bond donors (Lipinski definition) is 2. The zero-order valence-corrected chi connectivity index (χ0v) is 10.2. The Morgan fingerprint density at radius 2 is 2.00 bits per heavy atom. The molecule has 2 rings (SSSR count). The van der Waals surface area contributed by atoms with Gasteiger partial charge in [-0.15, -0.1) is 0 Å². The molecule has 1 unspecified atom stereocenters. The van der Waals surface area contributed by atoms with E-state index in [1.807, 2.05) is 6.92 Å². The normalized spacial score (nSPS) is 21.8. The molecule has 1 atom stereocenters. The summed E-state index contributed by atoms with van der Waals surface area (Å²) in [5.74, 6) is -2.05. The minimum absolute atomic E-state index is 0.105. The van der Waals surface area contributed by atoms with E-state index in [0.717, 1.165) is 0 Å². The maximum Gasteiger partial charge on any atom is 0.337 e. The summed E-state index contributed by atoms with van der Waals surface area (Å²) in [6, 6.07) is 3.06. The molecule has 0 saturated carbocycles. The molecule has 19 heavy (non-hydrogen) atoms. The van der Waals surface area contributed by atoms with E-state index in [9.17, 15) is 9.59 Å². The smallest absolute Gasteiger partial charge is 0.337 e. The first-order valence-electron chi connectivity index (χ1n) is 5.61. The molecule has 6 heteroatoms. The van der Waals surface area contributed by atoms with Gasteiger partial charge in [-0.3, -0.25) is 9.98 Å². The van der Waals surface area contributed by atoms with Crippen molar-refractivity contribution >= 4 is 18.2 Å². The number of rotatable bonds is 3. The van der Waals surface area contributed by atoms with E-state index in [0.29, 0.717) is 12.1 Å². The summed E-state index contributed by atoms with van der Waals surface area (Å²) in [6.45, 7) is 1.82. The van der Waals surface area contributed by atoms with Gasteiger partial charge in [-0.1, -0.05) is 6.08 Å². The molecule has 1 aliphatic rings. The number of dihydropyridines is 1. The Bertz CT molecular complexity index is 589. The van der Waals surface area contributed by atoms with Crippen molar-refractivity contribution in [3.8, 4) is 0 Å². The predicted molar refractivity (Wildman–Crippen MR) is 67.4 cm³/mol. The van der Waals surface area contributed by atoms with E-state index in [1.54, 1.807) is 12.1 Å².